The molecule has 2 atom stereocenters. The molecule has 0 aromatic carbocycles. The summed E-state index contributed by atoms with van der Waals surface area (Å²) in [5.41, 5.74) is 6.09. The second-order valence-corrected chi connectivity index (χ2v) is 7.31. The summed E-state index contributed by atoms with van der Waals surface area (Å²) < 4.78 is 0. The van der Waals surface area contributed by atoms with Crippen LogP contribution in [0, 0.1) is 11.3 Å². The van der Waals surface area contributed by atoms with E-state index in [9.17, 15) is 4.79 Å². The minimum atomic E-state index is 0.188. The second-order valence-electron chi connectivity index (χ2n) is 7.31. The SMILES string of the molecule is CC(CC(=O)N1CCN(C)CC1CN)CC(C)(C)C. The van der Waals surface area contributed by atoms with Gasteiger partial charge >= 0.3 is 0 Å². The predicted octanol–water partition coefficient (Wildman–Crippen LogP) is 1.55. The van der Waals surface area contributed by atoms with Crippen LogP contribution in [-0.4, -0.2) is 55.0 Å². The lowest BCUT2D eigenvalue weighted by Crippen LogP contribution is -2.57. The normalized spacial score (nSPS) is 23.5. The average Bonchev–Trinajstić information content (AvgIpc) is 2.25. The Bertz CT molecular complexity index is 298. The van der Waals surface area contributed by atoms with Crippen molar-refractivity contribution < 1.29 is 4.79 Å². The van der Waals surface area contributed by atoms with E-state index in [4.69, 9.17) is 5.73 Å². The molecule has 2 N–H and O–H groups in total. The highest BCUT2D eigenvalue weighted by molar-refractivity contribution is 5.77. The fraction of sp³-hybridized carbons (Fsp3) is 0.933. The minimum Gasteiger partial charge on any atom is -0.336 e. The number of hydrogen-bond donors (Lipinski definition) is 1. The molecule has 19 heavy (non-hydrogen) atoms. The van der Waals surface area contributed by atoms with Gasteiger partial charge in [0.05, 0.1) is 6.04 Å². The van der Waals surface area contributed by atoms with Crippen LogP contribution < -0.4 is 5.73 Å². The molecular formula is C15H31N3O. The highest BCUT2D eigenvalue weighted by Gasteiger charge is 2.29. The lowest BCUT2D eigenvalue weighted by atomic mass is 9.84. The van der Waals surface area contributed by atoms with Crippen molar-refractivity contribution in [3.63, 3.8) is 0 Å². The van der Waals surface area contributed by atoms with E-state index in [0.717, 1.165) is 26.1 Å². The van der Waals surface area contributed by atoms with Crippen LogP contribution in [0.25, 0.3) is 0 Å². The van der Waals surface area contributed by atoms with Crippen LogP contribution in [0.5, 0.6) is 0 Å². The van der Waals surface area contributed by atoms with Gasteiger partial charge in [-0.05, 0) is 24.8 Å². The summed E-state index contributed by atoms with van der Waals surface area (Å²) in [6.45, 7) is 12.1. The minimum absolute atomic E-state index is 0.188. The molecule has 1 rings (SSSR count). The van der Waals surface area contributed by atoms with E-state index < -0.39 is 0 Å². The number of carbonyl (C=O) groups excluding carboxylic acids is 1. The summed E-state index contributed by atoms with van der Waals surface area (Å²) in [5, 5.41) is 0. The van der Waals surface area contributed by atoms with Crippen molar-refractivity contribution in [1.82, 2.24) is 9.80 Å². The molecule has 0 spiro atoms. The number of rotatable bonds is 4. The van der Waals surface area contributed by atoms with E-state index in [0.29, 0.717) is 18.9 Å². The van der Waals surface area contributed by atoms with E-state index in [1.807, 2.05) is 4.90 Å². The number of nitrogens with zero attached hydrogens (tertiary/aromatic N) is 2. The van der Waals surface area contributed by atoms with Crippen LogP contribution in [-0.2, 0) is 4.79 Å². The van der Waals surface area contributed by atoms with E-state index >= 15 is 0 Å². The zero-order valence-electron chi connectivity index (χ0n) is 13.3. The van der Waals surface area contributed by atoms with Crippen LogP contribution in [0.2, 0.25) is 0 Å². The van der Waals surface area contributed by atoms with Gasteiger partial charge in [0.1, 0.15) is 0 Å². The molecule has 1 aliphatic rings. The molecule has 0 aromatic heterocycles. The standard InChI is InChI=1S/C15H31N3O/c1-12(9-15(2,3)4)8-14(19)18-7-6-17(5)11-13(18)10-16/h12-13H,6-11,16H2,1-5H3. The molecule has 1 amide bonds. The molecule has 0 bridgehead atoms. The Labute approximate surface area is 118 Å². The summed E-state index contributed by atoms with van der Waals surface area (Å²) in [6.07, 6.45) is 1.73. The first kappa shape index (κ1) is 16.4. The summed E-state index contributed by atoms with van der Waals surface area (Å²) in [4.78, 5) is 16.7. The third kappa shape index (κ3) is 5.49. The monoisotopic (exact) mass is 269 g/mol. The zero-order chi connectivity index (χ0) is 14.6. The van der Waals surface area contributed by atoms with E-state index in [1.54, 1.807) is 0 Å². The molecule has 112 valence electrons. The fourth-order valence-electron chi connectivity index (χ4n) is 3.07. The highest BCUT2D eigenvalue weighted by Crippen LogP contribution is 2.26. The van der Waals surface area contributed by atoms with Crippen molar-refractivity contribution in [1.29, 1.82) is 0 Å². The first-order valence-electron chi connectivity index (χ1n) is 7.41. The number of likely N-dealkylation sites (N-methyl/N-ethyl adjacent to an activating group) is 1. The maximum absolute atomic E-state index is 12.4. The molecule has 0 radical (unpaired) electrons. The van der Waals surface area contributed by atoms with Crippen molar-refractivity contribution in [2.45, 2.75) is 46.6 Å². The smallest absolute Gasteiger partial charge is 0.223 e. The molecule has 0 aliphatic carbocycles. The maximum atomic E-state index is 12.4. The summed E-state index contributed by atoms with van der Waals surface area (Å²) in [5.74, 6) is 0.714. The Hall–Kier alpha value is -0.610. The predicted molar refractivity (Wildman–Crippen MR) is 79.9 cm³/mol. The Morgan fingerprint density at radius 1 is 1.37 bits per heavy atom. The number of carbonyl (C=O) groups is 1. The Morgan fingerprint density at radius 2 is 2.00 bits per heavy atom. The van der Waals surface area contributed by atoms with Gasteiger partial charge in [0.15, 0.2) is 0 Å². The van der Waals surface area contributed by atoms with E-state index in [-0.39, 0.29) is 17.4 Å². The molecule has 4 nitrogen and oxygen atoms in total. The van der Waals surface area contributed by atoms with Crippen LogP contribution >= 0.6 is 0 Å². The van der Waals surface area contributed by atoms with Crippen molar-refractivity contribution in [2.75, 3.05) is 33.2 Å². The van der Waals surface area contributed by atoms with E-state index in [1.165, 1.54) is 0 Å². The molecule has 2 unspecified atom stereocenters. The largest absolute Gasteiger partial charge is 0.336 e. The molecule has 1 heterocycles. The fourth-order valence-corrected chi connectivity index (χ4v) is 3.07. The summed E-state index contributed by atoms with van der Waals surface area (Å²) in [6, 6.07) is 0.188. The van der Waals surface area contributed by atoms with Gasteiger partial charge in [-0.1, -0.05) is 27.7 Å². The molecule has 0 aromatic rings. The number of amides is 1. The van der Waals surface area contributed by atoms with Gasteiger partial charge in [-0.2, -0.15) is 0 Å². The van der Waals surface area contributed by atoms with Gasteiger partial charge in [-0.15, -0.1) is 0 Å². The first-order chi connectivity index (χ1) is 8.73. The van der Waals surface area contributed by atoms with Crippen molar-refractivity contribution in [2.24, 2.45) is 17.1 Å². The number of nitrogens with two attached hydrogens (primary N) is 1. The number of piperazine rings is 1. The molecule has 1 aliphatic heterocycles. The lowest BCUT2D eigenvalue weighted by Gasteiger charge is -2.40. The maximum Gasteiger partial charge on any atom is 0.223 e. The van der Waals surface area contributed by atoms with Crippen molar-refractivity contribution in [3.05, 3.63) is 0 Å². The van der Waals surface area contributed by atoms with Gasteiger partial charge in [-0.25, -0.2) is 0 Å². The Morgan fingerprint density at radius 3 is 2.53 bits per heavy atom. The topological polar surface area (TPSA) is 49.6 Å². The van der Waals surface area contributed by atoms with Crippen molar-refractivity contribution in [3.8, 4) is 0 Å². The van der Waals surface area contributed by atoms with E-state index in [2.05, 4.69) is 39.6 Å². The summed E-state index contributed by atoms with van der Waals surface area (Å²) in [7, 11) is 2.09. The molecule has 1 fully saturated rings. The summed E-state index contributed by atoms with van der Waals surface area (Å²) >= 11 is 0. The third-order valence-corrected chi connectivity index (χ3v) is 3.76. The Kier molecular flexibility index (Phi) is 5.81. The van der Waals surface area contributed by atoms with Crippen LogP contribution in [0.3, 0.4) is 0 Å². The Balaban J connectivity index is 2.52. The van der Waals surface area contributed by atoms with Crippen molar-refractivity contribution >= 4 is 5.91 Å². The quantitative estimate of drug-likeness (QED) is 0.842. The molecule has 4 heteroatoms. The highest BCUT2D eigenvalue weighted by atomic mass is 16.2. The second kappa shape index (κ2) is 6.71. The van der Waals surface area contributed by atoms with Crippen LogP contribution in [0.15, 0.2) is 0 Å². The molecular weight excluding hydrogens is 238 g/mol. The molecule has 1 saturated heterocycles. The third-order valence-electron chi connectivity index (χ3n) is 3.76. The van der Waals surface area contributed by atoms with Gasteiger partial charge in [-0.3, -0.25) is 4.79 Å². The first-order valence-corrected chi connectivity index (χ1v) is 7.41. The molecule has 0 saturated carbocycles. The van der Waals surface area contributed by atoms with Gasteiger partial charge in [0.25, 0.3) is 0 Å². The number of hydrogen-bond acceptors (Lipinski definition) is 3. The van der Waals surface area contributed by atoms with Crippen LogP contribution in [0.4, 0.5) is 0 Å². The van der Waals surface area contributed by atoms with Crippen LogP contribution in [0.1, 0.15) is 40.5 Å². The zero-order valence-corrected chi connectivity index (χ0v) is 13.3. The van der Waals surface area contributed by atoms with Gasteiger partial charge < -0.3 is 15.5 Å². The average molecular weight is 269 g/mol. The van der Waals surface area contributed by atoms with Gasteiger partial charge in [0, 0.05) is 32.6 Å². The van der Waals surface area contributed by atoms with Gasteiger partial charge in [0.2, 0.25) is 5.91 Å². The lowest BCUT2D eigenvalue weighted by molar-refractivity contribution is -0.136.